The summed E-state index contributed by atoms with van der Waals surface area (Å²) in [6.45, 7) is 2.09. The molecule has 1 aromatic heterocycles. The van der Waals surface area contributed by atoms with Gasteiger partial charge in [0.2, 0.25) is 0 Å². The van der Waals surface area contributed by atoms with Gasteiger partial charge in [-0.25, -0.2) is 4.98 Å². The summed E-state index contributed by atoms with van der Waals surface area (Å²) in [6.07, 6.45) is 0. The lowest BCUT2D eigenvalue weighted by atomic mass is 9.98. The van der Waals surface area contributed by atoms with Gasteiger partial charge in [0.25, 0.3) is 0 Å². The number of nitrogens with zero attached hydrogens (tertiary/aromatic N) is 1. The molecule has 0 unspecified atom stereocenters. The predicted molar refractivity (Wildman–Crippen MR) is 102 cm³/mol. The van der Waals surface area contributed by atoms with E-state index in [1.54, 1.807) is 0 Å². The zero-order valence-electron chi connectivity index (χ0n) is 13.3. The zero-order valence-corrected chi connectivity index (χ0v) is 14.1. The summed E-state index contributed by atoms with van der Waals surface area (Å²) in [5.74, 6) is 0. The van der Waals surface area contributed by atoms with Crippen LogP contribution in [0.2, 0.25) is 5.02 Å². The third-order valence-corrected chi connectivity index (χ3v) is 4.47. The summed E-state index contributed by atoms with van der Waals surface area (Å²) < 4.78 is 0. The number of rotatable bonds is 2. The van der Waals surface area contributed by atoms with Gasteiger partial charge in [-0.3, -0.25) is 0 Å². The van der Waals surface area contributed by atoms with E-state index in [-0.39, 0.29) is 0 Å². The topological polar surface area (TPSA) is 12.9 Å². The van der Waals surface area contributed by atoms with Crippen LogP contribution >= 0.6 is 11.6 Å². The summed E-state index contributed by atoms with van der Waals surface area (Å²) in [5.41, 5.74) is 6.68. The summed E-state index contributed by atoms with van der Waals surface area (Å²) in [5, 5.41) is 1.89. The third-order valence-electron chi connectivity index (χ3n) is 4.22. The molecule has 1 heterocycles. The van der Waals surface area contributed by atoms with E-state index in [2.05, 4.69) is 67.6 Å². The molecule has 116 valence electrons. The number of benzene rings is 3. The molecule has 24 heavy (non-hydrogen) atoms. The van der Waals surface area contributed by atoms with Crippen molar-refractivity contribution in [2.45, 2.75) is 6.92 Å². The lowest BCUT2D eigenvalue weighted by Crippen LogP contribution is -1.90. The van der Waals surface area contributed by atoms with Crippen LogP contribution in [0, 0.1) is 6.92 Å². The van der Waals surface area contributed by atoms with Gasteiger partial charge in [-0.2, -0.15) is 0 Å². The van der Waals surface area contributed by atoms with Crippen molar-refractivity contribution >= 4 is 22.5 Å². The first-order chi connectivity index (χ1) is 11.7. The molecule has 0 N–H and O–H groups in total. The van der Waals surface area contributed by atoms with E-state index < -0.39 is 0 Å². The molecular formula is C22H16ClN. The molecule has 0 radical (unpaired) electrons. The molecule has 4 rings (SSSR count). The normalized spacial score (nSPS) is 10.9. The molecule has 2 heteroatoms. The van der Waals surface area contributed by atoms with E-state index in [1.807, 2.05) is 18.2 Å². The molecule has 0 amide bonds. The van der Waals surface area contributed by atoms with Gasteiger partial charge in [0.1, 0.15) is 0 Å². The second kappa shape index (κ2) is 6.10. The van der Waals surface area contributed by atoms with E-state index in [9.17, 15) is 0 Å². The van der Waals surface area contributed by atoms with Crippen LogP contribution < -0.4 is 0 Å². The minimum absolute atomic E-state index is 0.746. The highest BCUT2D eigenvalue weighted by atomic mass is 35.5. The molecule has 0 aliphatic heterocycles. The minimum Gasteiger partial charge on any atom is -0.248 e. The standard InChI is InChI=1S/C22H16ClN/c1-15-6-8-17(9-7-15)22-14-20(16-10-12-18(23)13-11-16)19-4-2-3-5-21(19)24-22/h2-14H,1H3. The van der Waals surface area contributed by atoms with Crippen LogP contribution in [0.4, 0.5) is 0 Å². The monoisotopic (exact) mass is 329 g/mol. The zero-order chi connectivity index (χ0) is 16.5. The molecule has 0 bridgehead atoms. The van der Waals surface area contributed by atoms with Crippen molar-refractivity contribution < 1.29 is 0 Å². The van der Waals surface area contributed by atoms with Crippen LogP contribution in [0.1, 0.15) is 5.56 Å². The second-order valence-corrected chi connectivity index (χ2v) is 6.38. The van der Waals surface area contributed by atoms with Crippen molar-refractivity contribution in [2.24, 2.45) is 0 Å². The lowest BCUT2D eigenvalue weighted by Gasteiger charge is -2.11. The number of fused-ring (bicyclic) bond motifs is 1. The van der Waals surface area contributed by atoms with Crippen molar-refractivity contribution in [1.82, 2.24) is 4.98 Å². The average molecular weight is 330 g/mol. The molecule has 0 aliphatic carbocycles. The SMILES string of the molecule is Cc1ccc(-c2cc(-c3ccc(Cl)cc3)c3ccccc3n2)cc1. The molecule has 0 spiro atoms. The number of hydrogen-bond acceptors (Lipinski definition) is 1. The van der Waals surface area contributed by atoms with Gasteiger partial charge in [0, 0.05) is 16.0 Å². The van der Waals surface area contributed by atoms with Crippen LogP contribution in [0.3, 0.4) is 0 Å². The van der Waals surface area contributed by atoms with Crippen molar-refractivity contribution in [3.8, 4) is 22.4 Å². The maximum atomic E-state index is 6.05. The molecule has 0 saturated heterocycles. The molecule has 3 aromatic carbocycles. The van der Waals surface area contributed by atoms with E-state index >= 15 is 0 Å². The van der Waals surface area contributed by atoms with Crippen LogP contribution in [0.5, 0.6) is 0 Å². The number of para-hydroxylation sites is 1. The number of hydrogen-bond donors (Lipinski definition) is 0. The fraction of sp³-hybridized carbons (Fsp3) is 0.0455. The Labute approximate surface area is 146 Å². The largest absolute Gasteiger partial charge is 0.248 e. The summed E-state index contributed by atoms with van der Waals surface area (Å²) in [6, 6.07) is 26.9. The Balaban J connectivity index is 1.97. The molecule has 1 nitrogen and oxygen atoms in total. The van der Waals surface area contributed by atoms with Crippen molar-refractivity contribution in [3.63, 3.8) is 0 Å². The summed E-state index contributed by atoms with van der Waals surface area (Å²) in [7, 11) is 0. The van der Waals surface area contributed by atoms with E-state index in [0.717, 1.165) is 32.7 Å². The molecule has 0 atom stereocenters. The second-order valence-electron chi connectivity index (χ2n) is 5.95. The van der Waals surface area contributed by atoms with Crippen LogP contribution in [0.25, 0.3) is 33.3 Å². The quantitative estimate of drug-likeness (QED) is 0.407. The average Bonchev–Trinajstić information content (AvgIpc) is 2.62. The summed E-state index contributed by atoms with van der Waals surface area (Å²) in [4.78, 5) is 4.85. The van der Waals surface area contributed by atoms with Crippen molar-refractivity contribution in [2.75, 3.05) is 0 Å². The Hall–Kier alpha value is -2.64. The van der Waals surface area contributed by atoms with Crippen LogP contribution in [-0.2, 0) is 0 Å². The van der Waals surface area contributed by atoms with E-state index in [1.165, 1.54) is 11.1 Å². The van der Waals surface area contributed by atoms with E-state index in [0.29, 0.717) is 0 Å². The number of aryl methyl sites for hydroxylation is 1. The highest BCUT2D eigenvalue weighted by molar-refractivity contribution is 6.30. The predicted octanol–water partition coefficient (Wildman–Crippen LogP) is 6.53. The summed E-state index contributed by atoms with van der Waals surface area (Å²) >= 11 is 6.05. The lowest BCUT2D eigenvalue weighted by molar-refractivity contribution is 1.38. The Kier molecular flexibility index (Phi) is 3.79. The fourth-order valence-electron chi connectivity index (χ4n) is 2.92. The third kappa shape index (κ3) is 2.79. The van der Waals surface area contributed by atoms with Crippen LogP contribution in [-0.4, -0.2) is 4.98 Å². The maximum absolute atomic E-state index is 6.05. The first kappa shape index (κ1) is 14.9. The molecule has 0 aliphatic rings. The number of halogens is 1. The Morgan fingerprint density at radius 1 is 0.750 bits per heavy atom. The first-order valence-electron chi connectivity index (χ1n) is 7.93. The van der Waals surface area contributed by atoms with E-state index in [4.69, 9.17) is 16.6 Å². The molecular weight excluding hydrogens is 314 g/mol. The Bertz CT molecular complexity index is 1000. The van der Waals surface area contributed by atoms with Gasteiger partial charge in [0.15, 0.2) is 0 Å². The number of aromatic nitrogens is 1. The molecule has 0 fully saturated rings. The Morgan fingerprint density at radius 3 is 2.17 bits per heavy atom. The fourth-order valence-corrected chi connectivity index (χ4v) is 3.04. The van der Waals surface area contributed by atoms with Gasteiger partial charge < -0.3 is 0 Å². The number of pyridine rings is 1. The first-order valence-corrected chi connectivity index (χ1v) is 8.31. The minimum atomic E-state index is 0.746. The molecule has 0 saturated carbocycles. The van der Waals surface area contributed by atoms with Gasteiger partial charge in [-0.1, -0.05) is 71.8 Å². The van der Waals surface area contributed by atoms with Crippen LogP contribution in [0.15, 0.2) is 78.9 Å². The van der Waals surface area contributed by atoms with Crippen molar-refractivity contribution in [1.29, 1.82) is 0 Å². The smallest absolute Gasteiger partial charge is 0.0715 e. The highest BCUT2D eigenvalue weighted by Crippen LogP contribution is 2.32. The molecule has 4 aromatic rings. The van der Waals surface area contributed by atoms with Gasteiger partial charge >= 0.3 is 0 Å². The van der Waals surface area contributed by atoms with Crippen molar-refractivity contribution in [3.05, 3.63) is 89.4 Å². The van der Waals surface area contributed by atoms with Gasteiger partial charge in [-0.15, -0.1) is 0 Å². The van der Waals surface area contributed by atoms with Gasteiger partial charge in [-0.05, 0) is 42.3 Å². The highest BCUT2D eigenvalue weighted by Gasteiger charge is 2.09. The Morgan fingerprint density at radius 2 is 1.42 bits per heavy atom. The maximum Gasteiger partial charge on any atom is 0.0715 e. The van der Waals surface area contributed by atoms with Gasteiger partial charge in [0.05, 0.1) is 11.2 Å².